The number of hydrogen-bond donors (Lipinski definition) is 1. The summed E-state index contributed by atoms with van der Waals surface area (Å²) in [5.41, 5.74) is 0.583. The number of esters is 1. The molecule has 1 amide bonds. The number of nitrogens with zero attached hydrogens (tertiary/aromatic N) is 2. The second kappa shape index (κ2) is 12.0. The first-order valence-electron chi connectivity index (χ1n) is 11.4. The highest BCUT2D eigenvalue weighted by atomic mass is 32.2. The van der Waals surface area contributed by atoms with Gasteiger partial charge in [-0.2, -0.15) is 0 Å². The number of carbonyl (C=O) groups excluding carboxylic acids is 3. The molecule has 0 bridgehead atoms. The van der Waals surface area contributed by atoms with Crippen molar-refractivity contribution in [3.63, 3.8) is 0 Å². The van der Waals surface area contributed by atoms with E-state index >= 15 is 0 Å². The number of benzene rings is 1. The second-order valence-electron chi connectivity index (χ2n) is 9.29. The molecule has 2 heterocycles. The minimum absolute atomic E-state index is 0.0354. The fraction of sp³-hybridized carbons (Fsp3) is 0.400. The summed E-state index contributed by atoms with van der Waals surface area (Å²) in [7, 11) is 0.135. The van der Waals surface area contributed by atoms with Gasteiger partial charge in [0, 0.05) is 43.5 Å². The minimum atomic E-state index is -1.57. The Kier molecular flexibility index (Phi) is 9.05. The van der Waals surface area contributed by atoms with Gasteiger partial charge in [-0.1, -0.05) is 12.1 Å². The summed E-state index contributed by atoms with van der Waals surface area (Å²) in [5, 5.41) is 2.82. The lowest BCUT2D eigenvalue weighted by Crippen LogP contribution is -2.40. The third-order valence-electron chi connectivity index (χ3n) is 5.17. The van der Waals surface area contributed by atoms with E-state index in [2.05, 4.69) is 5.32 Å². The van der Waals surface area contributed by atoms with E-state index in [9.17, 15) is 18.6 Å². The third kappa shape index (κ3) is 7.53. The van der Waals surface area contributed by atoms with Gasteiger partial charge in [0.2, 0.25) is 0 Å². The Hall–Kier alpha value is -3.44. The third-order valence-corrected chi connectivity index (χ3v) is 6.71. The van der Waals surface area contributed by atoms with Crippen molar-refractivity contribution >= 4 is 35.4 Å². The highest BCUT2D eigenvalue weighted by Gasteiger charge is 2.30. The van der Waals surface area contributed by atoms with Gasteiger partial charge in [-0.05, 0) is 45.4 Å². The maximum atomic E-state index is 13.4. The maximum absolute atomic E-state index is 13.4. The Balaban J connectivity index is 1.66. The van der Waals surface area contributed by atoms with E-state index in [0.717, 1.165) is 0 Å². The fourth-order valence-electron chi connectivity index (χ4n) is 3.47. The summed E-state index contributed by atoms with van der Waals surface area (Å²) in [5.74, 6) is -0.525. The van der Waals surface area contributed by atoms with E-state index in [1.807, 2.05) is 0 Å². The molecule has 0 spiro atoms. The molecule has 194 valence electrons. The van der Waals surface area contributed by atoms with E-state index in [1.165, 1.54) is 18.6 Å². The molecule has 2 unspecified atom stereocenters. The lowest BCUT2D eigenvalue weighted by molar-refractivity contribution is 0.0350. The first-order chi connectivity index (χ1) is 17.1. The van der Waals surface area contributed by atoms with E-state index in [0.29, 0.717) is 47.4 Å². The first-order valence-corrected chi connectivity index (χ1v) is 12.5. The van der Waals surface area contributed by atoms with Crippen molar-refractivity contribution in [1.29, 1.82) is 0 Å². The molecule has 11 heteroatoms. The van der Waals surface area contributed by atoms with E-state index < -0.39 is 28.6 Å². The van der Waals surface area contributed by atoms with Crippen molar-refractivity contribution in [2.45, 2.75) is 43.7 Å². The average Bonchev–Trinajstić information content (AvgIpc) is 3.52. The number of ether oxygens (including phenoxy) is 2. The lowest BCUT2D eigenvalue weighted by Gasteiger charge is -2.22. The Bertz CT molecular complexity index is 1130. The van der Waals surface area contributed by atoms with Crippen LogP contribution in [0.1, 0.15) is 53.5 Å². The van der Waals surface area contributed by atoms with Crippen molar-refractivity contribution in [3.8, 4) is 0 Å². The molecular weight excluding hydrogens is 486 g/mol. The average molecular weight is 518 g/mol. The number of carbonyl (C=O) groups is 3. The quantitative estimate of drug-likeness (QED) is 0.305. The molecule has 36 heavy (non-hydrogen) atoms. The molecule has 0 saturated carbocycles. The topological polar surface area (TPSA) is 118 Å². The SMILES string of the molecule is CN(/C=C\c1c(C=O)cccc1S(=O)N1CCC(NC(=O)OC(C)(C)C)C1)COC(=O)c1ccoc1. The minimum Gasteiger partial charge on any atom is -0.472 e. The summed E-state index contributed by atoms with van der Waals surface area (Å²) in [6, 6.07) is 6.33. The molecule has 3 rings (SSSR count). The van der Waals surface area contributed by atoms with Crippen LogP contribution in [-0.2, 0) is 20.5 Å². The molecule has 1 N–H and O–H groups in total. The zero-order chi connectivity index (χ0) is 26.3. The van der Waals surface area contributed by atoms with Crippen LogP contribution in [0.25, 0.3) is 6.08 Å². The number of furan rings is 1. The van der Waals surface area contributed by atoms with Crippen LogP contribution in [0.15, 0.2) is 52.3 Å². The number of amides is 1. The summed E-state index contributed by atoms with van der Waals surface area (Å²) in [6.45, 7) is 6.22. The van der Waals surface area contributed by atoms with E-state index in [-0.39, 0.29) is 12.8 Å². The molecule has 2 aromatic rings. The van der Waals surface area contributed by atoms with Crippen LogP contribution in [0.2, 0.25) is 0 Å². The van der Waals surface area contributed by atoms with Gasteiger partial charge in [-0.3, -0.25) is 4.79 Å². The lowest BCUT2D eigenvalue weighted by atomic mass is 10.1. The zero-order valence-corrected chi connectivity index (χ0v) is 21.6. The summed E-state index contributed by atoms with van der Waals surface area (Å²) in [4.78, 5) is 37.9. The van der Waals surface area contributed by atoms with Gasteiger partial charge in [0.1, 0.15) is 22.8 Å². The van der Waals surface area contributed by atoms with Crippen molar-refractivity contribution in [2.24, 2.45) is 0 Å². The van der Waals surface area contributed by atoms with Gasteiger partial charge >= 0.3 is 12.1 Å². The normalized spacial score (nSPS) is 17.1. The predicted molar refractivity (Wildman–Crippen MR) is 133 cm³/mol. The van der Waals surface area contributed by atoms with Gasteiger partial charge in [-0.15, -0.1) is 0 Å². The van der Waals surface area contributed by atoms with Crippen LogP contribution in [0.5, 0.6) is 0 Å². The monoisotopic (exact) mass is 517 g/mol. The number of rotatable bonds is 9. The number of nitrogens with one attached hydrogen (secondary N) is 1. The zero-order valence-electron chi connectivity index (χ0n) is 20.8. The van der Waals surface area contributed by atoms with Crippen molar-refractivity contribution in [3.05, 3.63) is 59.7 Å². The molecule has 0 aliphatic carbocycles. The van der Waals surface area contributed by atoms with Gasteiger partial charge < -0.3 is 24.1 Å². The van der Waals surface area contributed by atoms with Crippen LogP contribution in [0.3, 0.4) is 0 Å². The van der Waals surface area contributed by atoms with Crippen LogP contribution >= 0.6 is 0 Å². The van der Waals surface area contributed by atoms with Crippen molar-refractivity contribution in [1.82, 2.24) is 14.5 Å². The van der Waals surface area contributed by atoms with Crippen LogP contribution < -0.4 is 5.32 Å². The van der Waals surface area contributed by atoms with Crippen molar-refractivity contribution < 1.29 is 32.5 Å². The molecule has 1 aliphatic heterocycles. The fourth-order valence-corrected chi connectivity index (χ4v) is 4.91. The predicted octanol–water partition coefficient (Wildman–Crippen LogP) is 3.43. The molecule has 1 aliphatic rings. The molecule has 10 nitrogen and oxygen atoms in total. The van der Waals surface area contributed by atoms with Gasteiger partial charge in [0.15, 0.2) is 13.0 Å². The van der Waals surface area contributed by atoms with Gasteiger partial charge in [0.05, 0.1) is 16.7 Å². The molecule has 1 fully saturated rings. The molecule has 1 aromatic heterocycles. The van der Waals surface area contributed by atoms with Crippen LogP contribution in [0.4, 0.5) is 4.79 Å². The summed E-state index contributed by atoms with van der Waals surface area (Å²) >= 11 is 0. The molecule has 1 aromatic carbocycles. The summed E-state index contributed by atoms with van der Waals surface area (Å²) < 4.78 is 30.6. The van der Waals surface area contributed by atoms with Crippen LogP contribution in [-0.4, -0.2) is 70.3 Å². The summed E-state index contributed by atoms with van der Waals surface area (Å²) in [6.07, 6.45) is 6.80. The molecule has 1 saturated heterocycles. The Labute approximate surface area is 212 Å². The standard InChI is InChI=1S/C25H31N3O7S/c1-25(2,3)35-24(31)26-20-8-12-28(14-20)36(32)22-7-5-6-18(15-29)21(22)9-11-27(4)17-34-23(30)19-10-13-33-16-19/h5-7,9-11,13,15-16,20H,8,12,14,17H2,1-4H3,(H,26,31)/b11-9-. The first kappa shape index (κ1) is 27.2. The second-order valence-corrected chi connectivity index (χ2v) is 10.7. The maximum Gasteiger partial charge on any atom is 0.407 e. The van der Waals surface area contributed by atoms with E-state index in [4.69, 9.17) is 13.9 Å². The Morgan fingerprint density at radius 1 is 1.31 bits per heavy atom. The molecular formula is C25H31N3O7S. The smallest absolute Gasteiger partial charge is 0.407 e. The number of aldehydes is 1. The Morgan fingerprint density at radius 3 is 2.75 bits per heavy atom. The van der Waals surface area contributed by atoms with Crippen molar-refractivity contribution in [2.75, 3.05) is 26.9 Å². The van der Waals surface area contributed by atoms with E-state index in [1.54, 1.807) is 67.5 Å². The Morgan fingerprint density at radius 2 is 2.08 bits per heavy atom. The highest BCUT2D eigenvalue weighted by molar-refractivity contribution is 7.82. The van der Waals surface area contributed by atoms with Crippen LogP contribution in [0, 0.1) is 0 Å². The number of hydrogen-bond acceptors (Lipinski definition) is 8. The van der Waals surface area contributed by atoms with Gasteiger partial charge in [0.25, 0.3) is 0 Å². The molecule has 2 atom stereocenters. The largest absolute Gasteiger partial charge is 0.472 e. The van der Waals surface area contributed by atoms with Gasteiger partial charge in [-0.25, -0.2) is 18.1 Å². The number of alkyl carbamates (subject to hydrolysis) is 1. The molecule has 0 radical (unpaired) electrons. The highest BCUT2D eigenvalue weighted by Crippen LogP contribution is 2.24.